The molecule has 0 saturated carbocycles. The predicted octanol–water partition coefficient (Wildman–Crippen LogP) is 1.57. The molecule has 1 unspecified atom stereocenters. The Morgan fingerprint density at radius 1 is 1.33 bits per heavy atom. The Labute approximate surface area is 90.4 Å². The lowest BCUT2D eigenvalue weighted by Gasteiger charge is -2.10. The lowest BCUT2D eigenvalue weighted by molar-refractivity contribution is 0.0542. The van der Waals surface area contributed by atoms with Crippen LogP contribution in [0.1, 0.15) is 12.0 Å². The number of ether oxygens (including phenoxy) is 2. The Morgan fingerprint density at radius 2 is 2.13 bits per heavy atom. The zero-order chi connectivity index (χ0) is 10.5. The highest BCUT2D eigenvalue weighted by Crippen LogP contribution is 2.13. The van der Waals surface area contributed by atoms with Gasteiger partial charge < -0.3 is 14.8 Å². The molecule has 1 heterocycles. The van der Waals surface area contributed by atoms with Crippen molar-refractivity contribution in [2.45, 2.75) is 19.1 Å². The molecule has 1 atom stereocenters. The van der Waals surface area contributed by atoms with Crippen LogP contribution < -0.4 is 10.1 Å². The lowest BCUT2D eigenvalue weighted by atomic mass is 10.2. The molecule has 2 rings (SSSR count). The van der Waals surface area contributed by atoms with Gasteiger partial charge in [-0.15, -0.1) is 0 Å². The normalized spacial score (nSPS) is 20.5. The molecule has 15 heavy (non-hydrogen) atoms. The Hall–Kier alpha value is -1.06. The molecule has 1 N–H and O–H groups in total. The molecule has 1 saturated heterocycles. The largest absolute Gasteiger partial charge is 0.497 e. The average Bonchev–Trinajstić information content (AvgIpc) is 2.80. The third-order valence-electron chi connectivity index (χ3n) is 2.66. The minimum Gasteiger partial charge on any atom is -0.497 e. The molecular weight excluding hydrogens is 190 g/mol. The summed E-state index contributed by atoms with van der Waals surface area (Å²) in [6.45, 7) is 2.75. The maximum absolute atomic E-state index is 5.76. The van der Waals surface area contributed by atoms with Crippen molar-refractivity contribution in [3.8, 4) is 5.75 Å². The van der Waals surface area contributed by atoms with Crippen LogP contribution in [-0.4, -0.2) is 26.3 Å². The van der Waals surface area contributed by atoms with Crippen LogP contribution in [-0.2, 0) is 11.3 Å². The zero-order valence-corrected chi connectivity index (χ0v) is 9.03. The number of hydrogen-bond acceptors (Lipinski definition) is 3. The summed E-state index contributed by atoms with van der Waals surface area (Å²) in [5, 5.41) is 3.28. The highest BCUT2D eigenvalue weighted by atomic mass is 16.5. The molecule has 3 heteroatoms. The van der Waals surface area contributed by atoms with E-state index in [1.165, 1.54) is 5.56 Å². The van der Waals surface area contributed by atoms with Gasteiger partial charge in [-0.05, 0) is 30.7 Å². The first-order valence-corrected chi connectivity index (χ1v) is 5.34. The monoisotopic (exact) mass is 207 g/mol. The minimum absolute atomic E-state index is 0.382. The maximum Gasteiger partial charge on any atom is 0.118 e. The molecule has 3 nitrogen and oxygen atoms in total. The van der Waals surface area contributed by atoms with Crippen molar-refractivity contribution in [2.24, 2.45) is 0 Å². The van der Waals surface area contributed by atoms with Gasteiger partial charge in [0.1, 0.15) is 5.75 Å². The fourth-order valence-corrected chi connectivity index (χ4v) is 1.71. The van der Waals surface area contributed by atoms with Crippen molar-refractivity contribution in [1.29, 1.82) is 0 Å². The van der Waals surface area contributed by atoms with Gasteiger partial charge in [-0.1, -0.05) is 12.1 Å². The zero-order valence-electron chi connectivity index (χ0n) is 9.03. The van der Waals surface area contributed by atoms with Crippen LogP contribution in [0.15, 0.2) is 24.3 Å². The number of methoxy groups -OCH3 is 1. The Morgan fingerprint density at radius 3 is 2.73 bits per heavy atom. The molecule has 0 spiro atoms. The van der Waals surface area contributed by atoms with Crippen molar-refractivity contribution in [3.63, 3.8) is 0 Å². The quantitative estimate of drug-likeness (QED) is 0.813. The standard InChI is InChI=1S/C12H17NO2/c1-14-11-4-2-10(3-5-11)9-15-12-6-7-13-8-12/h2-5,12-13H,6-9H2,1H3. The average molecular weight is 207 g/mol. The van der Waals surface area contributed by atoms with E-state index in [9.17, 15) is 0 Å². The van der Waals surface area contributed by atoms with Crippen LogP contribution in [0.5, 0.6) is 5.75 Å². The van der Waals surface area contributed by atoms with Crippen molar-refractivity contribution in [1.82, 2.24) is 5.32 Å². The van der Waals surface area contributed by atoms with Gasteiger partial charge in [-0.2, -0.15) is 0 Å². The van der Waals surface area contributed by atoms with E-state index in [-0.39, 0.29) is 0 Å². The first-order valence-electron chi connectivity index (χ1n) is 5.34. The Balaban J connectivity index is 1.82. The predicted molar refractivity (Wildman–Crippen MR) is 59.1 cm³/mol. The van der Waals surface area contributed by atoms with Gasteiger partial charge in [0, 0.05) is 6.54 Å². The molecule has 0 amide bonds. The summed E-state index contributed by atoms with van der Waals surface area (Å²) in [7, 11) is 1.68. The summed E-state index contributed by atoms with van der Waals surface area (Å²) in [4.78, 5) is 0. The van der Waals surface area contributed by atoms with Crippen LogP contribution in [0.2, 0.25) is 0 Å². The van der Waals surface area contributed by atoms with Crippen molar-refractivity contribution < 1.29 is 9.47 Å². The summed E-state index contributed by atoms with van der Waals surface area (Å²) >= 11 is 0. The second kappa shape index (κ2) is 5.14. The Bertz CT molecular complexity index is 291. The number of rotatable bonds is 4. The maximum atomic E-state index is 5.76. The van der Waals surface area contributed by atoms with Crippen LogP contribution in [0.4, 0.5) is 0 Å². The minimum atomic E-state index is 0.382. The highest BCUT2D eigenvalue weighted by molar-refractivity contribution is 5.26. The van der Waals surface area contributed by atoms with E-state index in [4.69, 9.17) is 9.47 Å². The molecule has 0 aliphatic carbocycles. The van der Waals surface area contributed by atoms with E-state index in [1.807, 2.05) is 24.3 Å². The highest BCUT2D eigenvalue weighted by Gasteiger charge is 2.14. The van der Waals surface area contributed by atoms with Gasteiger partial charge in [0.2, 0.25) is 0 Å². The molecule has 1 aromatic rings. The number of hydrogen-bond donors (Lipinski definition) is 1. The summed E-state index contributed by atoms with van der Waals surface area (Å²) < 4.78 is 10.9. The fourth-order valence-electron chi connectivity index (χ4n) is 1.71. The van der Waals surface area contributed by atoms with E-state index in [2.05, 4.69) is 5.32 Å². The third kappa shape index (κ3) is 2.94. The molecular formula is C12H17NO2. The molecule has 0 aromatic heterocycles. The van der Waals surface area contributed by atoms with E-state index >= 15 is 0 Å². The summed E-state index contributed by atoms with van der Waals surface area (Å²) in [6.07, 6.45) is 1.50. The second-order valence-corrected chi connectivity index (χ2v) is 3.77. The summed E-state index contributed by atoms with van der Waals surface area (Å²) in [5.74, 6) is 0.890. The van der Waals surface area contributed by atoms with Gasteiger partial charge in [-0.25, -0.2) is 0 Å². The summed E-state index contributed by atoms with van der Waals surface area (Å²) in [6, 6.07) is 8.01. The van der Waals surface area contributed by atoms with Crippen LogP contribution in [0.25, 0.3) is 0 Å². The molecule has 1 aromatic carbocycles. The van der Waals surface area contributed by atoms with Gasteiger partial charge in [0.15, 0.2) is 0 Å². The molecule has 1 fully saturated rings. The van der Waals surface area contributed by atoms with Crippen LogP contribution in [0.3, 0.4) is 0 Å². The van der Waals surface area contributed by atoms with Gasteiger partial charge in [0.25, 0.3) is 0 Å². The molecule has 1 aliphatic rings. The fraction of sp³-hybridized carbons (Fsp3) is 0.500. The number of benzene rings is 1. The lowest BCUT2D eigenvalue weighted by Crippen LogP contribution is -2.16. The first kappa shape index (κ1) is 10.5. The van der Waals surface area contributed by atoms with Crippen LogP contribution >= 0.6 is 0 Å². The van der Waals surface area contributed by atoms with Crippen LogP contribution in [0, 0.1) is 0 Å². The molecule has 0 bridgehead atoms. The van der Waals surface area contributed by atoms with E-state index in [0.29, 0.717) is 12.7 Å². The van der Waals surface area contributed by atoms with Gasteiger partial charge >= 0.3 is 0 Å². The first-order chi connectivity index (χ1) is 7.38. The van der Waals surface area contributed by atoms with Crippen molar-refractivity contribution in [2.75, 3.05) is 20.2 Å². The summed E-state index contributed by atoms with van der Waals surface area (Å²) in [5.41, 5.74) is 1.20. The van der Waals surface area contributed by atoms with E-state index < -0.39 is 0 Å². The smallest absolute Gasteiger partial charge is 0.118 e. The second-order valence-electron chi connectivity index (χ2n) is 3.77. The van der Waals surface area contributed by atoms with Crippen molar-refractivity contribution >= 4 is 0 Å². The topological polar surface area (TPSA) is 30.5 Å². The SMILES string of the molecule is COc1ccc(COC2CCNC2)cc1. The van der Waals surface area contributed by atoms with E-state index in [1.54, 1.807) is 7.11 Å². The number of nitrogens with one attached hydrogen (secondary N) is 1. The Kier molecular flexibility index (Phi) is 3.59. The van der Waals surface area contributed by atoms with E-state index in [0.717, 1.165) is 25.3 Å². The molecule has 0 radical (unpaired) electrons. The van der Waals surface area contributed by atoms with Gasteiger partial charge in [0.05, 0.1) is 19.8 Å². The third-order valence-corrected chi connectivity index (χ3v) is 2.66. The van der Waals surface area contributed by atoms with Crippen molar-refractivity contribution in [3.05, 3.63) is 29.8 Å². The molecule has 1 aliphatic heterocycles. The molecule has 82 valence electrons. The van der Waals surface area contributed by atoms with Gasteiger partial charge in [-0.3, -0.25) is 0 Å².